The number of aliphatic imine (C=N–C) groups is 1. The largest absolute Gasteiger partial charge is 0.356 e. The fourth-order valence-corrected chi connectivity index (χ4v) is 4.06. The molecule has 0 radical (unpaired) electrons. The minimum atomic E-state index is -0.185. The highest BCUT2D eigenvalue weighted by Crippen LogP contribution is 2.22. The Balaban J connectivity index is 1.19. The summed E-state index contributed by atoms with van der Waals surface area (Å²) >= 11 is 0. The molecule has 4 rings (SSSR count). The summed E-state index contributed by atoms with van der Waals surface area (Å²) in [6.07, 6.45) is 3.42. The number of carbonyl (C=O) groups excluding carboxylic acids is 2. The molecule has 0 bridgehead atoms. The summed E-state index contributed by atoms with van der Waals surface area (Å²) in [4.78, 5) is 39.6. The van der Waals surface area contributed by atoms with E-state index in [0.29, 0.717) is 17.7 Å². The third-order valence-electron chi connectivity index (χ3n) is 5.73. The molecule has 0 aliphatic carbocycles. The van der Waals surface area contributed by atoms with Crippen LogP contribution in [-0.2, 0) is 0 Å². The van der Waals surface area contributed by atoms with E-state index in [-0.39, 0.29) is 11.8 Å². The van der Waals surface area contributed by atoms with Crippen molar-refractivity contribution in [3.8, 4) is 0 Å². The maximum absolute atomic E-state index is 12.4. The Morgan fingerprint density at radius 3 is 2.26 bits per heavy atom. The highest BCUT2D eigenvalue weighted by molar-refractivity contribution is 6.21. The maximum atomic E-state index is 12.4. The van der Waals surface area contributed by atoms with Crippen LogP contribution in [0.25, 0.3) is 0 Å². The van der Waals surface area contributed by atoms with Gasteiger partial charge in [-0.15, -0.1) is 0 Å². The van der Waals surface area contributed by atoms with Crippen LogP contribution in [0, 0.1) is 0 Å². The first-order chi connectivity index (χ1) is 15.2. The molecule has 2 aliphatic heterocycles. The first-order valence-electron chi connectivity index (χ1n) is 10.8. The number of fused-ring (bicyclic) bond motifs is 1. The van der Waals surface area contributed by atoms with Crippen molar-refractivity contribution < 1.29 is 9.59 Å². The van der Waals surface area contributed by atoms with E-state index in [1.165, 1.54) is 4.90 Å². The van der Waals surface area contributed by atoms with Gasteiger partial charge in [0.1, 0.15) is 5.82 Å². The number of unbranched alkanes of at least 4 members (excludes halogenated alkanes) is 1. The van der Waals surface area contributed by atoms with Gasteiger partial charge in [-0.05, 0) is 37.1 Å². The quantitative estimate of drug-likeness (QED) is 0.333. The molecule has 0 saturated carbocycles. The minimum absolute atomic E-state index is 0.185. The van der Waals surface area contributed by atoms with Crippen LogP contribution in [0.5, 0.6) is 0 Å². The standard InChI is InChI=1S/C23H28N6O2/c1-24-23(28-16-14-27(15-17-28)20-10-4-5-11-25-20)26-12-6-7-13-29-21(30)18-8-2-3-9-19(18)22(29)31/h2-5,8-11H,6-7,12-17H2,1H3,(H,24,26). The van der Waals surface area contributed by atoms with Crippen molar-refractivity contribution in [3.63, 3.8) is 0 Å². The molecule has 0 spiro atoms. The third-order valence-corrected chi connectivity index (χ3v) is 5.73. The molecule has 1 saturated heterocycles. The third kappa shape index (κ3) is 4.52. The molecule has 31 heavy (non-hydrogen) atoms. The number of rotatable bonds is 6. The van der Waals surface area contributed by atoms with E-state index >= 15 is 0 Å². The number of benzene rings is 1. The van der Waals surface area contributed by atoms with E-state index in [2.05, 4.69) is 25.1 Å². The Morgan fingerprint density at radius 2 is 1.65 bits per heavy atom. The second kappa shape index (κ2) is 9.59. The molecule has 8 heteroatoms. The van der Waals surface area contributed by atoms with Crippen molar-refractivity contribution >= 4 is 23.6 Å². The van der Waals surface area contributed by atoms with Crippen LogP contribution in [0.1, 0.15) is 33.6 Å². The normalized spacial score (nSPS) is 16.7. The van der Waals surface area contributed by atoms with Crippen molar-refractivity contribution in [3.05, 3.63) is 59.8 Å². The van der Waals surface area contributed by atoms with E-state index in [1.807, 2.05) is 24.4 Å². The number of anilines is 1. The number of aromatic nitrogens is 1. The summed E-state index contributed by atoms with van der Waals surface area (Å²) in [5.41, 5.74) is 1.02. The number of imide groups is 1. The van der Waals surface area contributed by atoms with Crippen molar-refractivity contribution in [2.24, 2.45) is 4.99 Å². The van der Waals surface area contributed by atoms with Gasteiger partial charge >= 0.3 is 0 Å². The second-order valence-electron chi connectivity index (χ2n) is 7.65. The molecule has 2 aromatic rings. The number of nitrogens with zero attached hydrogens (tertiary/aromatic N) is 5. The average Bonchev–Trinajstić information content (AvgIpc) is 3.07. The Morgan fingerprint density at radius 1 is 0.968 bits per heavy atom. The molecule has 1 aromatic heterocycles. The van der Waals surface area contributed by atoms with Crippen LogP contribution in [0.4, 0.5) is 5.82 Å². The van der Waals surface area contributed by atoms with Crippen LogP contribution >= 0.6 is 0 Å². The van der Waals surface area contributed by atoms with Gasteiger partial charge in [0.15, 0.2) is 5.96 Å². The zero-order valence-electron chi connectivity index (χ0n) is 17.8. The van der Waals surface area contributed by atoms with Gasteiger partial charge in [0, 0.05) is 52.5 Å². The summed E-state index contributed by atoms with van der Waals surface area (Å²) in [6.45, 7) is 4.75. The van der Waals surface area contributed by atoms with Crippen molar-refractivity contribution in [2.75, 3.05) is 51.2 Å². The number of piperazine rings is 1. The Kier molecular flexibility index (Phi) is 6.45. The summed E-state index contributed by atoms with van der Waals surface area (Å²) in [7, 11) is 1.80. The number of nitrogens with one attached hydrogen (secondary N) is 1. The summed E-state index contributed by atoms with van der Waals surface area (Å²) in [5.74, 6) is 1.53. The first-order valence-corrected chi connectivity index (χ1v) is 10.8. The fraction of sp³-hybridized carbons (Fsp3) is 0.391. The lowest BCUT2D eigenvalue weighted by Crippen LogP contribution is -2.52. The molecule has 2 amide bonds. The van der Waals surface area contributed by atoms with Crippen LogP contribution in [-0.4, -0.2) is 78.9 Å². The SMILES string of the molecule is CN=C(NCCCCN1C(=O)c2ccccc2C1=O)N1CCN(c2ccccn2)CC1. The molecule has 0 unspecified atom stereocenters. The molecular weight excluding hydrogens is 392 g/mol. The molecule has 3 heterocycles. The van der Waals surface area contributed by atoms with Crippen molar-refractivity contribution in [1.29, 1.82) is 0 Å². The second-order valence-corrected chi connectivity index (χ2v) is 7.65. The molecule has 8 nitrogen and oxygen atoms in total. The predicted octanol–water partition coefficient (Wildman–Crippen LogP) is 1.86. The number of carbonyl (C=O) groups is 2. The molecule has 0 atom stereocenters. The molecule has 1 aromatic carbocycles. The van der Waals surface area contributed by atoms with E-state index in [0.717, 1.165) is 57.3 Å². The fourth-order valence-electron chi connectivity index (χ4n) is 4.06. The van der Waals surface area contributed by atoms with Crippen LogP contribution in [0.3, 0.4) is 0 Å². The minimum Gasteiger partial charge on any atom is -0.356 e. The Hall–Kier alpha value is -3.42. The van der Waals surface area contributed by atoms with Gasteiger partial charge in [0.2, 0.25) is 0 Å². The van der Waals surface area contributed by atoms with Gasteiger partial charge in [0.05, 0.1) is 11.1 Å². The van der Waals surface area contributed by atoms with Crippen molar-refractivity contribution in [1.82, 2.24) is 20.1 Å². The summed E-state index contributed by atoms with van der Waals surface area (Å²) in [6, 6.07) is 13.0. The van der Waals surface area contributed by atoms with E-state index < -0.39 is 0 Å². The van der Waals surface area contributed by atoms with Crippen LogP contribution in [0.2, 0.25) is 0 Å². The summed E-state index contributed by atoms with van der Waals surface area (Å²) < 4.78 is 0. The first kappa shape index (κ1) is 20.8. The maximum Gasteiger partial charge on any atom is 0.261 e. The van der Waals surface area contributed by atoms with E-state index in [1.54, 1.807) is 31.3 Å². The predicted molar refractivity (Wildman–Crippen MR) is 120 cm³/mol. The highest BCUT2D eigenvalue weighted by Gasteiger charge is 2.34. The lowest BCUT2D eigenvalue weighted by atomic mass is 10.1. The molecule has 1 N–H and O–H groups in total. The smallest absolute Gasteiger partial charge is 0.261 e. The van der Waals surface area contributed by atoms with Gasteiger partial charge in [0.25, 0.3) is 11.8 Å². The lowest BCUT2D eigenvalue weighted by Gasteiger charge is -2.37. The number of guanidine groups is 1. The number of hydrogen-bond donors (Lipinski definition) is 1. The van der Waals surface area contributed by atoms with E-state index in [4.69, 9.17) is 0 Å². The van der Waals surface area contributed by atoms with Gasteiger partial charge < -0.3 is 15.1 Å². The number of hydrogen-bond acceptors (Lipinski definition) is 5. The zero-order valence-corrected chi connectivity index (χ0v) is 17.8. The lowest BCUT2D eigenvalue weighted by molar-refractivity contribution is 0.0652. The Bertz CT molecular complexity index is 919. The van der Waals surface area contributed by atoms with E-state index in [9.17, 15) is 9.59 Å². The summed E-state index contributed by atoms with van der Waals surface area (Å²) in [5, 5.41) is 3.41. The number of amides is 2. The molecule has 162 valence electrons. The monoisotopic (exact) mass is 420 g/mol. The molecular formula is C23H28N6O2. The molecule has 2 aliphatic rings. The number of pyridine rings is 1. The molecule has 1 fully saturated rings. The van der Waals surface area contributed by atoms with Crippen LogP contribution < -0.4 is 10.2 Å². The topological polar surface area (TPSA) is 81.1 Å². The average molecular weight is 421 g/mol. The Labute approximate surface area is 182 Å². The zero-order chi connectivity index (χ0) is 21.6. The van der Waals surface area contributed by atoms with Gasteiger partial charge in [-0.1, -0.05) is 18.2 Å². The van der Waals surface area contributed by atoms with Gasteiger partial charge in [-0.25, -0.2) is 4.98 Å². The highest BCUT2D eigenvalue weighted by atomic mass is 16.2. The van der Waals surface area contributed by atoms with Gasteiger partial charge in [-0.2, -0.15) is 0 Å². The van der Waals surface area contributed by atoms with Crippen LogP contribution in [0.15, 0.2) is 53.7 Å². The van der Waals surface area contributed by atoms with Gasteiger partial charge in [-0.3, -0.25) is 19.5 Å². The van der Waals surface area contributed by atoms with Crippen molar-refractivity contribution in [2.45, 2.75) is 12.8 Å².